The van der Waals surface area contributed by atoms with E-state index < -0.39 is 17.7 Å². The summed E-state index contributed by atoms with van der Waals surface area (Å²) in [7, 11) is 0. The summed E-state index contributed by atoms with van der Waals surface area (Å²) in [5.74, 6) is -2.12. The van der Waals surface area contributed by atoms with Crippen molar-refractivity contribution < 1.29 is 13.6 Å². The minimum absolute atomic E-state index is 0.0409. The van der Waals surface area contributed by atoms with Crippen LogP contribution in [-0.2, 0) is 11.2 Å². The average molecular weight is 241 g/mol. The lowest BCUT2D eigenvalue weighted by molar-refractivity contribution is -0.120. The standard InChI is InChI=1S/C13H17F2NO/c1-3-8(2)13(16)11(17)7-9-5-4-6-10(14)12(9)15/h4-6,8,13H,3,7,16H2,1-2H3. The van der Waals surface area contributed by atoms with Crippen LogP contribution >= 0.6 is 0 Å². The topological polar surface area (TPSA) is 43.1 Å². The molecule has 0 aliphatic carbocycles. The molecule has 0 fully saturated rings. The van der Waals surface area contributed by atoms with Crippen molar-refractivity contribution in [2.75, 3.05) is 0 Å². The molecule has 1 aromatic carbocycles. The first kappa shape index (κ1) is 13.8. The Balaban J connectivity index is 2.78. The highest BCUT2D eigenvalue weighted by atomic mass is 19.2. The third-order valence-electron chi connectivity index (χ3n) is 3.03. The van der Waals surface area contributed by atoms with Gasteiger partial charge in [0.25, 0.3) is 0 Å². The largest absolute Gasteiger partial charge is 0.321 e. The first-order chi connectivity index (χ1) is 7.97. The van der Waals surface area contributed by atoms with Crippen molar-refractivity contribution in [3.63, 3.8) is 0 Å². The molecule has 17 heavy (non-hydrogen) atoms. The molecule has 2 unspecified atom stereocenters. The number of Topliss-reactive ketones (excluding diaryl/α,β-unsaturated/α-hetero) is 1. The summed E-state index contributed by atoms with van der Waals surface area (Å²) in [6.45, 7) is 3.80. The zero-order chi connectivity index (χ0) is 13.0. The van der Waals surface area contributed by atoms with Crippen molar-refractivity contribution >= 4 is 5.78 Å². The molecule has 0 heterocycles. The van der Waals surface area contributed by atoms with Crippen LogP contribution in [0, 0.1) is 17.6 Å². The Kier molecular flexibility index (Phi) is 4.75. The quantitative estimate of drug-likeness (QED) is 0.860. The van der Waals surface area contributed by atoms with Crippen molar-refractivity contribution in [3.8, 4) is 0 Å². The zero-order valence-electron chi connectivity index (χ0n) is 10.0. The summed E-state index contributed by atoms with van der Waals surface area (Å²) in [4.78, 5) is 11.8. The van der Waals surface area contributed by atoms with Gasteiger partial charge < -0.3 is 5.73 Å². The Labute approximate surface area is 99.8 Å². The van der Waals surface area contributed by atoms with Crippen LogP contribution < -0.4 is 5.73 Å². The van der Waals surface area contributed by atoms with E-state index in [-0.39, 0.29) is 23.7 Å². The van der Waals surface area contributed by atoms with Crippen LogP contribution in [0.5, 0.6) is 0 Å². The van der Waals surface area contributed by atoms with Gasteiger partial charge in [-0.15, -0.1) is 0 Å². The lowest BCUT2D eigenvalue weighted by Crippen LogP contribution is -2.37. The third kappa shape index (κ3) is 3.33. The Morgan fingerprint density at radius 2 is 2.06 bits per heavy atom. The Bertz CT molecular complexity index is 406. The summed E-state index contributed by atoms with van der Waals surface area (Å²) in [5.41, 5.74) is 5.81. The van der Waals surface area contributed by atoms with E-state index in [2.05, 4.69) is 0 Å². The molecule has 0 spiro atoms. The van der Waals surface area contributed by atoms with Gasteiger partial charge in [0.05, 0.1) is 6.04 Å². The van der Waals surface area contributed by atoms with Crippen LogP contribution in [0.25, 0.3) is 0 Å². The molecule has 0 amide bonds. The van der Waals surface area contributed by atoms with Gasteiger partial charge in [0, 0.05) is 6.42 Å². The van der Waals surface area contributed by atoms with Crippen LogP contribution in [-0.4, -0.2) is 11.8 Å². The van der Waals surface area contributed by atoms with E-state index in [1.54, 1.807) is 0 Å². The Morgan fingerprint density at radius 3 is 2.65 bits per heavy atom. The Morgan fingerprint density at radius 1 is 1.41 bits per heavy atom. The second kappa shape index (κ2) is 5.87. The van der Waals surface area contributed by atoms with Crippen LogP contribution in [0.2, 0.25) is 0 Å². The van der Waals surface area contributed by atoms with Crippen molar-refractivity contribution in [2.24, 2.45) is 11.7 Å². The highest BCUT2D eigenvalue weighted by molar-refractivity contribution is 5.86. The molecule has 0 aliphatic rings. The number of ketones is 1. The highest BCUT2D eigenvalue weighted by Gasteiger charge is 2.21. The van der Waals surface area contributed by atoms with Crippen LogP contribution in [0.15, 0.2) is 18.2 Å². The van der Waals surface area contributed by atoms with Gasteiger partial charge in [-0.2, -0.15) is 0 Å². The maximum absolute atomic E-state index is 13.3. The van der Waals surface area contributed by atoms with Crippen LogP contribution in [0.3, 0.4) is 0 Å². The van der Waals surface area contributed by atoms with E-state index in [0.717, 1.165) is 12.5 Å². The molecule has 4 heteroatoms. The summed E-state index contributed by atoms with van der Waals surface area (Å²) in [5, 5.41) is 0. The maximum Gasteiger partial charge on any atom is 0.162 e. The van der Waals surface area contributed by atoms with Crippen LogP contribution in [0.4, 0.5) is 8.78 Å². The fraction of sp³-hybridized carbons (Fsp3) is 0.462. The van der Waals surface area contributed by atoms with E-state index in [4.69, 9.17) is 5.73 Å². The van der Waals surface area contributed by atoms with Gasteiger partial charge in [-0.05, 0) is 17.5 Å². The molecular weight excluding hydrogens is 224 g/mol. The second-order valence-electron chi connectivity index (χ2n) is 4.27. The van der Waals surface area contributed by atoms with Crippen molar-refractivity contribution in [1.82, 2.24) is 0 Å². The molecule has 2 atom stereocenters. The van der Waals surface area contributed by atoms with Gasteiger partial charge in [-0.25, -0.2) is 8.78 Å². The van der Waals surface area contributed by atoms with E-state index in [1.807, 2.05) is 13.8 Å². The molecule has 94 valence electrons. The minimum Gasteiger partial charge on any atom is -0.321 e. The number of benzene rings is 1. The molecule has 0 saturated heterocycles. The van der Waals surface area contributed by atoms with E-state index >= 15 is 0 Å². The van der Waals surface area contributed by atoms with E-state index in [9.17, 15) is 13.6 Å². The van der Waals surface area contributed by atoms with Gasteiger partial charge in [0.1, 0.15) is 0 Å². The summed E-state index contributed by atoms with van der Waals surface area (Å²) >= 11 is 0. The Hall–Kier alpha value is -1.29. The average Bonchev–Trinajstić information content (AvgIpc) is 2.32. The minimum atomic E-state index is -0.961. The maximum atomic E-state index is 13.3. The van der Waals surface area contributed by atoms with Gasteiger partial charge in [-0.1, -0.05) is 32.4 Å². The molecule has 0 bridgehead atoms. The monoisotopic (exact) mass is 241 g/mol. The number of carbonyl (C=O) groups excluding carboxylic acids is 1. The molecular formula is C13H17F2NO. The third-order valence-corrected chi connectivity index (χ3v) is 3.03. The lowest BCUT2D eigenvalue weighted by Gasteiger charge is -2.17. The lowest BCUT2D eigenvalue weighted by atomic mass is 9.93. The normalized spacial score (nSPS) is 14.4. The molecule has 1 rings (SSSR count). The van der Waals surface area contributed by atoms with E-state index in [1.165, 1.54) is 12.1 Å². The molecule has 1 aromatic rings. The molecule has 2 N–H and O–H groups in total. The highest BCUT2D eigenvalue weighted by Crippen LogP contribution is 2.14. The molecule has 0 aliphatic heterocycles. The van der Waals surface area contributed by atoms with Crippen molar-refractivity contribution in [1.29, 1.82) is 0 Å². The van der Waals surface area contributed by atoms with Gasteiger partial charge >= 0.3 is 0 Å². The van der Waals surface area contributed by atoms with E-state index in [0.29, 0.717) is 0 Å². The van der Waals surface area contributed by atoms with Gasteiger partial charge in [-0.3, -0.25) is 4.79 Å². The SMILES string of the molecule is CCC(C)C(N)C(=O)Cc1cccc(F)c1F. The number of rotatable bonds is 5. The second-order valence-corrected chi connectivity index (χ2v) is 4.27. The van der Waals surface area contributed by atoms with Gasteiger partial charge in [0.15, 0.2) is 17.4 Å². The number of hydrogen-bond acceptors (Lipinski definition) is 2. The number of hydrogen-bond donors (Lipinski definition) is 1. The summed E-state index contributed by atoms with van der Waals surface area (Å²) < 4.78 is 26.3. The summed E-state index contributed by atoms with van der Waals surface area (Å²) in [6, 6.07) is 3.19. The van der Waals surface area contributed by atoms with Gasteiger partial charge in [0.2, 0.25) is 0 Å². The molecule has 0 saturated carbocycles. The molecule has 0 aromatic heterocycles. The number of halogens is 2. The fourth-order valence-corrected chi connectivity index (χ4v) is 1.56. The predicted octanol–water partition coefficient (Wildman–Crippen LogP) is 2.45. The summed E-state index contributed by atoms with van der Waals surface area (Å²) in [6.07, 6.45) is 0.619. The molecule has 2 nitrogen and oxygen atoms in total. The predicted molar refractivity (Wildman–Crippen MR) is 62.5 cm³/mol. The first-order valence-corrected chi connectivity index (χ1v) is 5.68. The number of carbonyl (C=O) groups is 1. The van der Waals surface area contributed by atoms with Crippen molar-refractivity contribution in [2.45, 2.75) is 32.7 Å². The van der Waals surface area contributed by atoms with Crippen LogP contribution in [0.1, 0.15) is 25.8 Å². The first-order valence-electron chi connectivity index (χ1n) is 5.68. The molecule has 0 radical (unpaired) electrons. The van der Waals surface area contributed by atoms with Crippen molar-refractivity contribution in [3.05, 3.63) is 35.4 Å². The fourth-order valence-electron chi connectivity index (χ4n) is 1.56. The smallest absolute Gasteiger partial charge is 0.162 e. The number of nitrogens with two attached hydrogens (primary N) is 1. The zero-order valence-corrected chi connectivity index (χ0v) is 10.0.